The van der Waals surface area contributed by atoms with Crippen LogP contribution in [0.4, 0.5) is 0 Å². The highest BCUT2D eigenvalue weighted by Gasteiger charge is 2.23. The maximum absolute atomic E-state index is 3.67. The van der Waals surface area contributed by atoms with Crippen molar-refractivity contribution in [2.24, 2.45) is 11.8 Å². The minimum atomic E-state index is 0.752. The second-order valence-electron chi connectivity index (χ2n) is 5.88. The molecule has 17 heavy (non-hydrogen) atoms. The highest BCUT2D eigenvalue weighted by atomic mass is 14.9. The van der Waals surface area contributed by atoms with Crippen molar-refractivity contribution >= 4 is 0 Å². The maximum atomic E-state index is 3.67. The Bertz CT molecular complexity index is 352. The summed E-state index contributed by atoms with van der Waals surface area (Å²) in [6.45, 7) is 8.04. The van der Waals surface area contributed by atoms with Crippen LogP contribution in [0.5, 0.6) is 0 Å². The largest absolute Gasteiger partial charge is 0.314 e. The van der Waals surface area contributed by atoms with Crippen molar-refractivity contribution in [3.63, 3.8) is 0 Å². The van der Waals surface area contributed by atoms with Crippen LogP contribution in [0.1, 0.15) is 37.8 Å². The normalized spacial score (nSPS) is 17.4. The van der Waals surface area contributed by atoms with Gasteiger partial charge in [0, 0.05) is 6.04 Å². The molecule has 0 saturated heterocycles. The number of benzene rings is 1. The van der Waals surface area contributed by atoms with Crippen molar-refractivity contribution < 1.29 is 0 Å². The molecule has 0 spiro atoms. The lowest BCUT2D eigenvalue weighted by Gasteiger charge is -2.21. The smallest absolute Gasteiger partial charge is 0.00683 e. The van der Waals surface area contributed by atoms with E-state index in [-0.39, 0.29) is 0 Å². The average Bonchev–Trinajstić information content (AvgIpc) is 3.07. The van der Waals surface area contributed by atoms with E-state index in [1.165, 1.54) is 36.9 Å². The Morgan fingerprint density at radius 2 is 2.06 bits per heavy atom. The molecule has 1 aliphatic carbocycles. The third kappa shape index (κ3) is 4.16. The zero-order valence-corrected chi connectivity index (χ0v) is 11.4. The molecular weight excluding hydrogens is 206 g/mol. The van der Waals surface area contributed by atoms with Crippen LogP contribution in [-0.2, 0) is 6.42 Å². The maximum Gasteiger partial charge on any atom is 0.00683 e. The van der Waals surface area contributed by atoms with Crippen LogP contribution >= 0.6 is 0 Å². The zero-order valence-electron chi connectivity index (χ0n) is 11.4. The van der Waals surface area contributed by atoms with Gasteiger partial charge in [-0.3, -0.25) is 0 Å². The summed E-state index contributed by atoms with van der Waals surface area (Å²) in [6, 6.07) is 9.77. The van der Waals surface area contributed by atoms with Crippen molar-refractivity contribution in [1.82, 2.24) is 5.32 Å². The zero-order chi connectivity index (χ0) is 12.3. The first-order valence-electron chi connectivity index (χ1n) is 6.94. The molecule has 1 aliphatic rings. The molecule has 1 nitrogen and oxygen atoms in total. The molecule has 94 valence electrons. The van der Waals surface area contributed by atoms with E-state index in [9.17, 15) is 0 Å². The Hall–Kier alpha value is -0.820. The molecule has 1 fully saturated rings. The molecule has 0 aromatic heterocycles. The van der Waals surface area contributed by atoms with Gasteiger partial charge in [-0.15, -0.1) is 0 Å². The highest BCUT2D eigenvalue weighted by molar-refractivity contribution is 5.22. The summed E-state index contributed by atoms with van der Waals surface area (Å²) in [5.74, 6) is 1.51. The Labute approximate surface area is 106 Å². The molecule has 1 N–H and O–H groups in total. The van der Waals surface area contributed by atoms with Crippen molar-refractivity contribution in [2.45, 2.75) is 46.1 Å². The number of hydrogen-bond acceptors (Lipinski definition) is 1. The molecule has 1 saturated carbocycles. The summed E-state index contributed by atoms with van der Waals surface area (Å²) in [7, 11) is 0. The van der Waals surface area contributed by atoms with Gasteiger partial charge in [-0.2, -0.15) is 0 Å². The molecule has 0 heterocycles. The molecule has 1 aromatic rings. The molecule has 1 atom stereocenters. The van der Waals surface area contributed by atoms with Crippen LogP contribution in [0, 0.1) is 18.8 Å². The van der Waals surface area contributed by atoms with E-state index < -0.39 is 0 Å². The van der Waals surface area contributed by atoms with Gasteiger partial charge in [-0.25, -0.2) is 0 Å². The topological polar surface area (TPSA) is 12.0 Å². The van der Waals surface area contributed by atoms with Crippen LogP contribution in [0.15, 0.2) is 24.3 Å². The van der Waals surface area contributed by atoms with E-state index >= 15 is 0 Å². The predicted octanol–water partition coefficient (Wildman–Crippen LogP) is 3.56. The van der Waals surface area contributed by atoms with Crippen LogP contribution in [0.3, 0.4) is 0 Å². The molecular formula is C16H25N. The predicted molar refractivity (Wildman–Crippen MR) is 74.2 cm³/mol. The van der Waals surface area contributed by atoms with Crippen molar-refractivity contribution in [1.29, 1.82) is 0 Å². The fraction of sp³-hybridized carbons (Fsp3) is 0.625. The lowest BCUT2D eigenvalue weighted by molar-refractivity contribution is 0.359. The second-order valence-corrected chi connectivity index (χ2v) is 5.88. The third-order valence-corrected chi connectivity index (χ3v) is 3.77. The van der Waals surface area contributed by atoms with E-state index in [0.29, 0.717) is 0 Å². The van der Waals surface area contributed by atoms with E-state index in [1.807, 2.05) is 0 Å². The highest BCUT2D eigenvalue weighted by Crippen LogP contribution is 2.22. The van der Waals surface area contributed by atoms with Gasteiger partial charge in [0.1, 0.15) is 0 Å². The number of rotatable bonds is 6. The Kier molecular flexibility index (Phi) is 4.22. The minimum absolute atomic E-state index is 0.752. The molecule has 1 heteroatoms. The monoisotopic (exact) mass is 231 g/mol. The van der Waals surface area contributed by atoms with Gasteiger partial charge in [0.2, 0.25) is 0 Å². The van der Waals surface area contributed by atoms with E-state index in [2.05, 4.69) is 50.4 Å². The third-order valence-electron chi connectivity index (χ3n) is 3.77. The summed E-state index contributed by atoms with van der Waals surface area (Å²) in [5.41, 5.74) is 2.86. The average molecular weight is 231 g/mol. The van der Waals surface area contributed by atoms with Gasteiger partial charge in [0.15, 0.2) is 0 Å². The fourth-order valence-corrected chi connectivity index (χ4v) is 2.29. The quantitative estimate of drug-likeness (QED) is 0.789. The number of hydrogen-bond donors (Lipinski definition) is 1. The first-order chi connectivity index (χ1) is 8.15. The summed E-state index contributed by atoms with van der Waals surface area (Å²) in [4.78, 5) is 0. The molecule has 0 aliphatic heterocycles. The minimum Gasteiger partial charge on any atom is -0.314 e. The lowest BCUT2D eigenvalue weighted by atomic mass is 9.88. The molecule has 0 bridgehead atoms. The Balaban J connectivity index is 1.91. The van der Waals surface area contributed by atoms with Crippen molar-refractivity contribution in [2.75, 3.05) is 6.54 Å². The lowest BCUT2D eigenvalue weighted by Crippen LogP contribution is -2.29. The van der Waals surface area contributed by atoms with Crippen LogP contribution in [-0.4, -0.2) is 12.6 Å². The van der Waals surface area contributed by atoms with Gasteiger partial charge < -0.3 is 5.32 Å². The van der Waals surface area contributed by atoms with Crippen molar-refractivity contribution in [3.8, 4) is 0 Å². The Morgan fingerprint density at radius 1 is 1.29 bits per heavy atom. The molecule has 1 unspecified atom stereocenters. The first-order valence-corrected chi connectivity index (χ1v) is 6.94. The van der Waals surface area contributed by atoms with E-state index in [1.54, 1.807) is 0 Å². The first kappa shape index (κ1) is 12.6. The van der Waals surface area contributed by atoms with Gasteiger partial charge in [-0.1, -0.05) is 43.7 Å². The SMILES string of the molecule is Cc1cccc(CC(CNC2CC2)C(C)C)c1. The number of aryl methyl sites for hydroxylation is 1. The van der Waals surface area contributed by atoms with Crippen molar-refractivity contribution in [3.05, 3.63) is 35.4 Å². The molecule has 0 amide bonds. The van der Waals surface area contributed by atoms with Crippen LogP contribution < -0.4 is 5.32 Å². The fourth-order valence-electron chi connectivity index (χ4n) is 2.29. The molecule has 0 radical (unpaired) electrons. The van der Waals surface area contributed by atoms with Gasteiger partial charge >= 0.3 is 0 Å². The second kappa shape index (κ2) is 5.68. The van der Waals surface area contributed by atoms with Gasteiger partial charge in [0.25, 0.3) is 0 Å². The summed E-state index contributed by atoms with van der Waals surface area (Å²) < 4.78 is 0. The standard InChI is InChI=1S/C16H25N/c1-12(2)15(11-17-16-7-8-16)10-14-6-4-5-13(3)9-14/h4-6,9,12,15-17H,7-8,10-11H2,1-3H3. The van der Waals surface area contributed by atoms with Crippen LogP contribution in [0.25, 0.3) is 0 Å². The van der Waals surface area contributed by atoms with Gasteiger partial charge in [-0.05, 0) is 50.1 Å². The molecule has 1 aromatic carbocycles. The summed E-state index contributed by atoms with van der Waals surface area (Å²) >= 11 is 0. The summed E-state index contributed by atoms with van der Waals surface area (Å²) in [5, 5.41) is 3.67. The van der Waals surface area contributed by atoms with Gasteiger partial charge in [0.05, 0.1) is 0 Å². The molecule has 2 rings (SSSR count). The van der Waals surface area contributed by atoms with Crippen LogP contribution in [0.2, 0.25) is 0 Å². The summed E-state index contributed by atoms with van der Waals surface area (Å²) in [6.07, 6.45) is 3.98. The van der Waals surface area contributed by atoms with E-state index in [4.69, 9.17) is 0 Å². The number of nitrogens with one attached hydrogen (secondary N) is 1. The Morgan fingerprint density at radius 3 is 2.65 bits per heavy atom. The van der Waals surface area contributed by atoms with E-state index in [0.717, 1.165) is 17.9 Å².